The number of rotatable bonds is 5. The molecule has 0 spiro atoms. The standard InChI is InChI=1S/C24H28N4O5/c1-26(31)23(29)27-14-12-24(30,13-15-27)22-16-21(17-4-8-19(32-2)9-5-17)28(25-22)18-6-10-20(33-3)11-7-18/h4-11,16,30-31H,12-15H2,1-3H3. The van der Waals surface area contributed by atoms with E-state index in [4.69, 9.17) is 14.6 Å². The second-order valence-electron chi connectivity index (χ2n) is 8.08. The maximum Gasteiger partial charge on any atom is 0.343 e. The molecule has 2 amide bonds. The van der Waals surface area contributed by atoms with Gasteiger partial charge in [-0.1, -0.05) is 0 Å². The SMILES string of the molecule is COc1ccc(-c2cc(C3(O)CCN(C(=O)N(C)O)CC3)nn2-c2ccc(OC)cc2)cc1. The van der Waals surface area contributed by atoms with Gasteiger partial charge in [0.1, 0.15) is 17.1 Å². The summed E-state index contributed by atoms with van der Waals surface area (Å²) >= 11 is 0. The number of hydroxylamine groups is 2. The predicted octanol–water partition coefficient (Wildman–Crippen LogP) is 3.28. The number of ether oxygens (including phenoxy) is 2. The van der Waals surface area contributed by atoms with Crippen LogP contribution in [0.5, 0.6) is 11.5 Å². The lowest BCUT2D eigenvalue weighted by Gasteiger charge is -2.37. The van der Waals surface area contributed by atoms with Crippen LogP contribution >= 0.6 is 0 Å². The number of methoxy groups -OCH3 is 2. The summed E-state index contributed by atoms with van der Waals surface area (Å²) < 4.78 is 12.3. The minimum Gasteiger partial charge on any atom is -0.497 e. The van der Waals surface area contributed by atoms with Gasteiger partial charge >= 0.3 is 6.03 Å². The number of aliphatic hydroxyl groups is 1. The van der Waals surface area contributed by atoms with Gasteiger partial charge in [-0.05, 0) is 67.4 Å². The maximum atomic E-state index is 12.1. The molecule has 0 atom stereocenters. The first-order valence-electron chi connectivity index (χ1n) is 10.7. The highest BCUT2D eigenvalue weighted by molar-refractivity contribution is 5.73. The fourth-order valence-electron chi connectivity index (χ4n) is 4.02. The number of carbonyl (C=O) groups is 1. The quantitative estimate of drug-likeness (QED) is 0.455. The summed E-state index contributed by atoms with van der Waals surface area (Å²) in [6.45, 7) is 0.626. The Hall–Kier alpha value is -3.56. The summed E-state index contributed by atoms with van der Waals surface area (Å²) in [5, 5.41) is 26.2. The van der Waals surface area contributed by atoms with Crippen LogP contribution in [0, 0.1) is 0 Å². The van der Waals surface area contributed by atoms with Crippen LogP contribution in [0.1, 0.15) is 18.5 Å². The number of amides is 2. The average Bonchev–Trinajstić information content (AvgIpc) is 3.30. The van der Waals surface area contributed by atoms with Crippen LogP contribution in [0.4, 0.5) is 4.79 Å². The van der Waals surface area contributed by atoms with Crippen molar-refractivity contribution in [3.8, 4) is 28.4 Å². The molecule has 9 nitrogen and oxygen atoms in total. The van der Waals surface area contributed by atoms with Crippen molar-refractivity contribution in [3.63, 3.8) is 0 Å². The Kier molecular flexibility index (Phi) is 6.26. The van der Waals surface area contributed by atoms with Gasteiger partial charge in [0.05, 0.1) is 31.3 Å². The zero-order valence-corrected chi connectivity index (χ0v) is 18.9. The molecule has 9 heteroatoms. The van der Waals surface area contributed by atoms with Crippen molar-refractivity contribution in [2.45, 2.75) is 18.4 Å². The number of hydrogen-bond donors (Lipinski definition) is 2. The largest absolute Gasteiger partial charge is 0.497 e. The topological polar surface area (TPSA) is 100 Å². The van der Waals surface area contributed by atoms with Gasteiger partial charge in [0.15, 0.2) is 0 Å². The first-order chi connectivity index (χ1) is 15.8. The van der Waals surface area contributed by atoms with Crippen LogP contribution in [-0.4, -0.2) is 70.4 Å². The Morgan fingerprint density at radius 3 is 2.06 bits per heavy atom. The minimum absolute atomic E-state index is 0.313. The molecule has 0 saturated carbocycles. The molecule has 1 fully saturated rings. The van der Waals surface area contributed by atoms with Crippen molar-refractivity contribution in [3.05, 3.63) is 60.3 Å². The number of hydrogen-bond acceptors (Lipinski definition) is 6. The van der Waals surface area contributed by atoms with Crippen LogP contribution in [0.2, 0.25) is 0 Å². The van der Waals surface area contributed by atoms with Crippen LogP contribution < -0.4 is 9.47 Å². The molecule has 1 aliphatic rings. The molecule has 3 aromatic rings. The Labute approximate surface area is 192 Å². The minimum atomic E-state index is -1.19. The van der Waals surface area contributed by atoms with E-state index in [9.17, 15) is 15.1 Å². The van der Waals surface area contributed by atoms with Crippen LogP contribution in [0.3, 0.4) is 0 Å². The summed E-state index contributed by atoms with van der Waals surface area (Å²) in [6, 6.07) is 16.6. The van der Waals surface area contributed by atoms with Crippen molar-refractivity contribution < 1.29 is 24.6 Å². The lowest BCUT2D eigenvalue weighted by Crippen LogP contribution is -2.48. The first-order valence-corrected chi connectivity index (χ1v) is 10.7. The molecule has 0 radical (unpaired) electrons. The van der Waals surface area contributed by atoms with Gasteiger partial charge in [-0.25, -0.2) is 14.5 Å². The molecular weight excluding hydrogens is 424 g/mol. The van der Waals surface area contributed by atoms with Crippen LogP contribution in [-0.2, 0) is 5.60 Å². The lowest BCUT2D eigenvalue weighted by molar-refractivity contribution is -0.0570. The summed E-state index contributed by atoms with van der Waals surface area (Å²) in [6.07, 6.45) is 0.627. The molecule has 0 aliphatic carbocycles. The number of carbonyl (C=O) groups excluding carboxylic acids is 1. The number of piperidine rings is 1. The van der Waals surface area contributed by atoms with E-state index in [-0.39, 0.29) is 0 Å². The summed E-state index contributed by atoms with van der Waals surface area (Å²) in [5.74, 6) is 1.49. The van der Waals surface area contributed by atoms with E-state index in [0.717, 1.165) is 28.4 Å². The Morgan fingerprint density at radius 1 is 1.00 bits per heavy atom. The second kappa shape index (κ2) is 9.13. The van der Waals surface area contributed by atoms with Crippen molar-refractivity contribution in [2.24, 2.45) is 0 Å². The van der Waals surface area contributed by atoms with E-state index in [0.29, 0.717) is 36.7 Å². The number of aromatic nitrogens is 2. The summed E-state index contributed by atoms with van der Waals surface area (Å²) in [5.41, 5.74) is 1.91. The molecule has 0 bridgehead atoms. The van der Waals surface area contributed by atoms with E-state index in [1.165, 1.54) is 11.9 Å². The first kappa shape index (κ1) is 22.6. The van der Waals surface area contributed by atoms with Crippen molar-refractivity contribution in [1.29, 1.82) is 0 Å². The molecule has 2 heterocycles. The van der Waals surface area contributed by atoms with Gasteiger partial charge in [-0.3, -0.25) is 5.21 Å². The van der Waals surface area contributed by atoms with Crippen LogP contribution in [0.15, 0.2) is 54.6 Å². The fraction of sp³-hybridized carbons (Fsp3) is 0.333. The molecular formula is C24H28N4O5. The number of nitrogens with zero attached hydrogens (tertiary/aromatic N) is 4. The third-order valence-corrected chi connectivity index (χ3v) is 6.03. The molecule has 2 N–H and O–H groups in total. The average molecular weight is 453 g/mol. The highest BCUT2D eigenvalue weighted by atomic mass is 16.5. The summed E-state index contributed by atoms with van der Waals surface area (Å²) in [4.78, 5) is 13.6. The number of benzene rings is 2. The monoisotopic (exact) mass is 452 g/mol. The van der Waals surface area contributed by atoms with Crippen molar-refractivity contribution in [1.82, 2.24) is 19.7 Å². The van der Waals surface area contributed by atoms with E-state index < -0.39 is 11.6 Å². The van der Waals surface area contributed by atoms with Gasteiger partial charge in [-0.15, -0.1) is 0 Å². The van der Waals surface area contributed by atoms with E-state index in [2.05, 4.69) is 0 Å². The molecule has 1 aromatic heterocycles. The Bertz CT molecular complexity index is 1040. The van der Waals surface area contributed by atoms with Gasteiger partial charge in [-0.2, -0.15) is 5.10 Å². The number of urea groups is 1. The summed E-state index contributed by atoms with van der Waals surface area (Å²) in [7, 11) is 4.53. The maximum absolute atomic E-state index is 12.1. The molecule has 1 saturated heterocycles. The molecule has 1 aliphatic heterocycles. The van der Waals surface area contributed by atoms with E-state index >= 15 is 0 Å². The van der Waals surface area contributed by atoms with Gasteiger partial charge in [0.2, 0.25) is 0 Å². The van der Waals surface area contributed by atoms with Crippen LogP contribution in [0.25, 0.3) is 16.9 Å². The third kappa shape index (κ3) is 4.50. The zero-order valence-electron chi connectivity index (χ0n) is 18.9. The Morgan fingerprint density at radius 2 is 1.55 bits per heavy atom. The fourth-order valence-corrected chi connectivity index (χ4v) is 4.02. The molecule has 0 unspecified atom stereocenters. The van der Waals surface area contributed by atoms with Gasteiger partial charge in [0.25, 0.3) is 0 Å². The Balaban J connectivity index is 1.70. The van der Waals surface area contributed by atoms with Crippen molar-refractivity contribution >= 4 is 6.03 Å². The highest BCUT2D eigenvalue weighted by Gasteiger charge is 2.38. The normalized spacial score (nSPS) is 15.2. The molecule has 4 rings (SSSR count). The molecule has 2 aromatic carbocycles. The van der Waals surface area contributed by atoms with E-state index in [1.54, 1.807) is 18.9 Å². The molecule has 174 valence electrons. The molecule has 33 heavy (non-hydrogen) atoms. The smallest absolute Gasteiger partial charge is 0.343 e. The van der Waals surface area contributed by atoms with Gasteiger partial charge < -0.3 is 19.5 Å². The number of likely N-dealkylation sites (tertiary alicyclic amines) is 1. The second-order valence-corrected chi connectivity index (χ2v) is 8.08. The predicted molar refractivity (Wildman–Crippen MR) is 122 cm³/mol. The van der Waals surface area contributed by atoms with Gasteiger partial charge in [0, 0.05) is 25.7 Å². The third-order valence-electron chi connectivity index (χ3n) is 6.03. The lowest BCUT2D eigenvalue weighted by atomic mass is 9.88. The highest BCUT2D eigenvalue weighted by Crippen LogP contribution is 2.36. The van der Waals surface area contributed by atoms with E-state index in [1.807, 2.05) is 54.6 Å². The zero-order chi connectivity index (χ0) is 23.6. The van der Waals surface area contributed by atoms with Crippen molar-refractivity contribution in [2.75, 3.05) is 34.4 Å².